The van der Waals surface area contributed by atoms with Crippen molar-refractivity contribution in [3.63, 3.8) is 0 Å². The highest BCUT2D eigenvalue weighted by Gasteiger charge is 2.24. The highest BCUT2D eigenvalue weighted by atomic mass is 35.5. The standard InChI is InChI=1S/C21H21ClN4O3/c22-17-7-6-15(12-18(17)26-10-8-23-21(26)29)20(28)24-13-14-3-1-4-16(11-14)25-9-2-5-19(25)27/h1,3-4,6-7,11-12H,2,5,8-10,13H2,(H,23,29)(H,24,28). The summed E-state index contributed by atoms with van der Waals surface area (Å²) in [5.41, 5.74) is 2.70. The Labute approximate surface area is 173 Å². The molecule has 29 heavy (non-hydrogen) atoms. The van der Waals surface area contributed by atoms with Gasteiger partial charge in [-0.25, -0.2) is 4.79 Å². The zero-order chi connectivity index (χ0) is 20.4. The van der Waals surface area contributed by atoms with Crippen molar-refractivity contribution in [3.05, 3.63) is 58.6 Å². The predicted molar refractivity (Wildman–Crippen MR) is 111 cm³/mol. The van der Waals surface area contributed by atoms with Crippen molar-refractivity contribution in [2.75, 3.05) is 29.4 Å². The van der Waals surface area contributed by atoms with Crippen molar-refractivity contribution in [2.24, 2.45) is 0 Å². The van der Waals surface area contributed by atoms with Crippen LogP contribution in [-0.4, -0.2) is 37.5 Å². The lowest BCUT2D eigenvalue weighted by Gasteiger charge is -2.18. The third-order valence-corrected chi connectivity index (χ3v) is 5.42. The van der Waals surface area contributed by atoms with Crippen molar-refractivity contribution in [1.29, 1.82) is 0 Å². The van der Waals surface area contributed by atoms with Crippen LogP contribution in [0.25, 0.3) is 0 Å². The second-order valence-electron chi connectivity index (χ2n) is 7.05. The second kappa shape index (κ2) is 8.13. The molecule has 2 fully saturated rings. The van der Waals surface area contributed by atoms with Gasteiger partial charge in [0, 0.05) is 43.9 Å². The van der Waals surface area contributed by atoms with E-state index in [1.165, 1.54) is 4.90 Å². The molecule has 2 aliphatic heterocycles. The Hall–Kier alpha value is -3.06. The number of nitrogens with one attached hydrogen (secondary N) is 2. The number of rotatable bonds is 5. The van der Waals surface area contributed by atoms with Gasteiger partial charge in [-0.15, -0.1) is 0 Å². The number of urea groups is 1. The summed E-state index contributed by atoms with van der Waals surface area (Å²) in [5, 5.41) is 6.03. The molecule has 0 bridgehead atoms. The Kier molecular flexibility index (Phi) is 5.40. The van der Waals surface area contributed by atoms with Gasteiger partial charge in [0.05, 0.1) is 10.7 Å². The molecule has 0 spiro atoms. The summed E-state index contributed by atoms with van der Waals surface area (Å²) >= 11 is 6.23. The number of hydrogen-bond donors (Lipinski definition) is 2. The van der Waals surface area contributed by atoms with E-state index in [0.717, 1.165) is 24.2 Å². The first kappa shape index (κ1) is 19.3. The highest BCUT2D eigenvalue weighted by molar-refractivity contribution is 6.34. The second-order valence-corrected chi connectivity index (χ2v) is 7.46. The van der Waals surface area contributed by atoms with E-state index < -0.39 is 0 Å². The van der Waals surface area contributed by atoms with Crippen LogP contribution in [-0.2, 0) is 11.3 Å². The molecule has 4 amide bonds. The topological polar surface area (TPSA) is 81.8 Å². The normalized spacial score (nSPS) is 16.3. The van der Waals surface area contributed by atoms with Gasteiger partial charge in [-0.05, 0) is 42.3 Å². The molecule has 4 rings (SSSR count). The minimum atomic E-state index is -0.259. The number of nitrogens with zero attached hydrogens (tertiary/aromatic N) is 2. The lowest BCUT2D eigenvalue weighted by Crippen LogP contribution is -2.29. The van der Waals surface area contributed by atoms with Crippen LogP contribution in [0.15, 0.2) is 42.5 Å². The van der Waals surface area contributed by atoms with E-state index in [-0.39, 0.29) is 17.8 Å². The summed E-state index contributed by atoms with van der Waals surface area (Å²) in [4.78, 5) is 39.8. The van der Waals surface area contributed by atoms with Gasteiger partial charge in [0.25, 0.3) is 5.91 Å². The van der Waals surface area contributed by atoms with Gasteiger partial charge in [-0.1, -0.05) is 23.7 Å². The number of hydrogen-bond acceptors (Lipinski definition) is 3. The molecule has 2 N–H and O–H groups in total. The number of carbonyl (C=O) groups is 3. The maximum atomic E-state index is 12.6. The van der Waals surface area contributed by atoms with Crippen LogP contribution in [0.5, 0.6) is 0 Å². The Morgan fingerprint density at radius 1 is 1.10 bits per heavy atom. The molecular weight excluding hydrogens is 392 g/mol. The molecule has 0 aromatic heterocycles. The van der Waals surface area contributed by atoms with Crippen molar-refractivity contribution in [3.8, 4) is 0 Å². The summed E-state index contributed by atoms with van der Waals surface area (Å²) in [5.74, 6) is -0.129. The van der Waals surface area contributed by atoms with E-state index in [0.29, 0.717) is 42.3 Å². The average molecular weight is 413 g/mol. The van der Waals surface area contributed by atoms with Gasteiger partial charge < -0.3 is 15.5 Å². The minimum absolute atomic E-state index is 0.130. The van der Waals surface area contributed by atoms with E-state index in [4.69, 9.17) is 11.6 Å². The Bertz CT molecular complexity index is 978. The molecule has 150 valence electrons. The average Bonchev–Trinajstić information content (AvgIpc) is 3.35. The molecule has 2 aromatic rings. The van der Waals surface area contributed by atoms with Crippen molar-refractivity contribution in [2.45, 2.75) is 19.4 Å². The molecule has 2 aliphatic rings. The number of halogens is 1. The first-order chi connectivity index (χ1) is 14.0. The van der Waals surface area contributed by atoms with Crippen LogP contribution in [0.4, 0.5) is 16.2 Å². The fourth-order valence-corrected chi connectivity index (χ4v) is 3.82. The Morgan fingerprint density at radius 2 is 1.97 bits per heavy atom. The Morgan fingerprint density at radius 3 is 2.69 bits per heavy atom. The van der Waals surface area contributed by atoms with E-state index in [1.807, 2.05) is 24.3 Å². The van der Waals surface area contributed by atoms with Gasteiger partial charge >= 0.3 is 6.03 Å². The maximum absolute atomic E-state index is 12.6. The fourth-order valence-electron chi connectivity index (χ4n) is 3.60. The largest absolute Gasteiger partial charge is 0.348 e. The van der Waals surface area contributed by atoms with Gasteiger partial charge in [-0.2, -0.15) is 0 Å². The smallest absolute Gasteiger partial charge is 0.322 e. The molecular formula is C21H21ClN4O3. The van der Waals surface area contributed by atoms with E-state index in [1.54, 1.807) is 23.1 Å². The summed E-state index contributed by atoms with van der Waals surface area (Å²) in [6, 6.07) is 12.3. The van der Waals surface area contributed by atoms with Crippen molar-refractivity contribution in [1.82, 2.24) is 10.6 Å². The van der Waals surface area contributed by atoms with Crippen molar-refractivity contribution < 1.29 is 14.4 Å². The summed E-state index contributed by atoms with van der Waals surface area (Å²) < 4.78 is 0. The molecule has 8 heteroatoms. The SMILES string of the molecule is O=C(NCc1cccc(N2CCCC2=O)c1)c1ccc(Cl)c(N2CCNC2=O)c1. The van der Waals surface area contributed by atoms with E-state index >= 15 is 0 Å². The van der Waals surface area contributed by atoms with Crippen LogP contribution in [0.1, 0.15) is 28.8 Å². The minimum Gasteiger partial charge on any atom is -0.348 e. The first-order valence-corrected chi connectivity index (χ1v) is 9.93. The molecule has 2 saturated heterocycles. The third kappa shape index (κ3) is 4.05. The van der Waals surface area contributed by atoms with Crippen LogP contribution >= 0.6 is 11.6 Å². The zero-order valence-electron chi connectivity index (χ0n) is 15.8. The lowest BCUT2D eigenvalue weighted by molar-refractivity contribution is -0.117. The maximum Gasteiger partial charge on any atom is 0.322 e. The predicted octanol–water partition coefficient (Wildman–Crippen LogP) is 2.93. The van der Waals surface area contributed by atoms with Crippen LogP contribution < -0.4 is 20.4 Å². The molecule has 2 aromatic carbocycles. The van der Waals surface area contributed by atoms with Crippen molar-refractivity contribution >= 4 is 40.8 Å². The Balaban J connectivity index is 1.45. The summed E-state index contributed by atoms with van der Waals surface area (Å²) in [6.45, 7) is 2.11. The van der Waals surface area contributed by atoms with Gasteiger partial charge in [0.1, 0.15) is 0 Å². The summed E-state index contributed by atoms with van der Waals surface area (Å²) in [7, 11) is 0. The van der Waals surface area contributed by atoms with Crippen LogP contribution in [0.3, 0.4) is 0 Å². The molecule has 0 aliphatic carbocycles. The first-order valence-electron chi connectivity index (χ1n) is 9.55. The van der Waals surface area contributed by atoms with Crippen LogP contribution in [0, 0.1) is 0 Å². The monoisotopic (exact) mass is 412 g/mol. The van der Waals surface area contributed by atoms with Gasteiger partial charge in [0.2, 0.25) is 5.91 Å². The van der Waals surface area contributed by atoms with Gasteiger partial charge in [0.15, 0.2) is 0 Å². The van der Waals surface area contributed by atoms with Crippen LogP contribution in [0.2, 0.25) is 5.02 Å². The molecule has 0 atom stereocenters. The molecule has 0 radical (unpaired) electrons. The molecule has 0 unspecified atom stereocenters. The quantitative estimate of drug-likeness (QED) is 0.792. The number of amides is 4. The number of benzene rings is 2. The van der Waals surface area contributed by atoms with E-state index in [2.05, 4.69) is 10.6 Å². The fraction of sp³-hybridized carbons (Fsp3) is 0.286. The molecule has 2 heterocycles. The zero-order valence-corrected chi connectivity index (χ0v) is 16.5. The number of anilines is 2. The highest BCUT2D eigenvalue weighted by Crippen LogP contribution is 2.28. The molecule has 7 nitrogen and oxygen atoms in total. The van der Waals surface area contributed by atoms with E-state index in [9.17, 15) is 14.4 Å². The van der Waals surface area contributed by atoms with Gasteiger partial charge in [-0.3, -0.25) is 14.5 Å². The molecule has 0 saturated carbocycles. The summed E-state index contributed by atoms with van der Waals surface area (Å²) in [6.07, 6.45) is 1.45. The third-order valence-electron chi connectivity index (χ3n) is 5.10. The number of carbonyl (C=O) groups excluding carboxylic acids is 3. The lowest BCUT2D eigenvalue weighted by atomic mass is 10.1.